The second-order valence-corrected chi connectivity index (χ2v) is 5.88. The van der Waals surface area contributed by atoms with E-state index in [2.05, 4.69) is 43.0 Å². The van der Waals surface area contributed by atoms with Crippen molar-refractivity contribution in [1.82, 2.24) is 4.90 Å². The first-order valence-corrected chi connectivity index (χ1v) is 7.18. The zero-order valence-corrected chi connectivity index (χ0v) is 11.4. The molecule has 2 nitrogen and oxygen atoms in total. The molecule has 0 bridgehead atoms. The quantitative estimate of drug-likeness (QED) is 0.754. The molecule has 0 aromatic heterocycles. The molecular formula is C16H23NO. The highest BCUT2D eigenvalue weighted by Gasteiger charge is 2.29. The standard InChI is InChI=1S/C16H23NO/c1-12-10-17(11-13(2)18-12)16-8-7-14-5-3-4-6-15(14)9-16/h3-6,12-13,16H,7-11H2,1-2H3/t12-,13+,16-/m1/s1. The number of aryl methyl sites for hydroxylation is 1. The van der Waals surface area contributed by atoms with Crippen LogP contribution in [0.3, 0.4) is 0 Å². The van der Waals surface area contributed by atoms with Crippen LogP contribution in [0.25, 0.3) is 0 Å². The van der Waals surface area contributed by atoms with E-state index < -0.39 is 0 Å². The first-order chi connectivity index (χ1) is 8.72. The molecule has 1 aliphatic heterocycles. The van der Waals surface area contributed by atoms with E-state index in [-0.39, 0.29) is 0 Å². The van der Waals surface area contributed by atoms with Gasteiger partial charge in [-0.3, -0.25) is 4.90 Å². The molecule has 1 fully saturated rings. The molecule has 1 aromatic carbocycles. The van der Waals surface area contributed by atoms with Crippen molar-refractivity contribution in [3.05, 3.63) is 35.4 Å². The van der Waals surface area contributed by atoms with Gasteiger partial charge in [-0.05, 0) is 44.2 Å². The Morgan fingerprint density at radius 2 is 1.72 bits per heavy atom. The summed E-state index contributed by atoms with van der Waals surface area (Å²) >= 11 is 0. The average Bonchev–Trinajstić information content (AvgIpc) is 2.37. The highest BCUT2D eigenvalue weighted by molar-refractivity contribution is 5.30. The zero-order chi connectivity index (χ0) is 12.5. The van der Waals surface area contributed by atoms with Crippen LogP contribution in [0.1, 0.15) is 31.4 Å². The van der Waals surface area contributed by atoms with Gasteiger partial charge in [0.05, 0.1) is 12.2 Å². The molecule has 2 aliphatic rings. The van der Waals surface area contributed by atoms with Crippen LogP contribution in [0.2, 0.25) is 0 Å². The maximum absolute atomic E-state index is 5.83. The number of rotatable bonds is 1. The van der Waals surface area contributed by atoms with Gasteiger partial charge in [0, 0.05) is 19.1 Å². The Bertz CT molecular complexity index is 407. The third kappa shape index (κ3) is 2.45. The highest BCUT2D eigenvalue weighted by Crippen LogP contribution is 2.26. The summed E-state index contributed by atoms with van der Waals surface area (Å²) < 4.78 is 5.83. The Balaban J connectivity index is 1.72. The summed E-state index contributed by atoms with van der Waals surface area (Å²) in [7, 11) is 0. The Morgan fingerprint density at radius 3 is 2.44 bits per heavy atom. The van der Waals surface area contributed by atoms with Crippen molar-refractivity contribution in [2.75, 3.05) is 13.1 Å². The molecule has 98 valence electrons. The molecule has 0 unspecified atom stereocenters. The number of benzene rings is 1. The van der Waals surface area contributed by atoms with Crippen LogP contribution in [0.15, 0.2) is 24.3 Å². The largest absolute Gasteiger partial charge is 0.373 e. The first-order valence-electron chi connectivity index (χ1n) is 7.18. The third-order valence-corrected chi connectivity index (χ3v) is 4.29. The number of nitrogens with zero attached hydrogens (tertiary/aromatic N) is 1. The molecule has 0 radical (unpaired) electrons. The summed E-state index contributed by atoms with van der Waals surface area (Å²) in [5.41, 5.74) is 3.11. The molecule has 0 amide bonds. The summed E-state index contributed by atoms with van der Waals surface area (Å²) in [5.74, 6) is 0. The minimum Gasteiger partial charge on any atom is -0.373 e. The molecule has 3 rings (SSSR count). The van der Waals surface area contributed by atoms with Gasteiger partial charge in [0.2, 0.25) is 0 Å². The molecule has 1 heterocycles. The van der Waals surface area contributed by atoms with E-state index in [1.165, 1.54) is 19.3 Å². The minimum absolute atomic E-state index is 0.380. The summed E-state index contributed by atoms with van der Waals surface area (Å²) in [4.78, 5) is 2.65. The van der Waals surface area contributed by atoms with Crippen LogP contribution in [0, 0.1) is 0 Å². The SMILES string of the molecule is C[C@@H]1CN([C@@H]2CCc3ccccc3C2)C[C@H](C)O1. The lowest BCUT2D eigenvalue weighted by Crippen LogP contribution is -2.51. The van der Waals surface area contributed by atoms with Crippen molar-refractivity contribution in [3.63, 3.8) is 0 Å². The fourth-order valence-corrected chi connectivity index (χ4v) is 3.51. The highest BCUT2D eigenvalue weighted by atomic mass is 16.5. The van der Waals surface area contributed by atoms with Crippen LogP contribution < -0.4 is 0 Å². The van der Waals surface area contributed by atoms with Gasteiger partial charge < -0.3 is 4.74 Å². The predicted molar refractivity (Wildman–Crippen MR) is 73.8 cm³/mol. The predicted octanol–water partition coefficient (Wildman–Crippen LogP) is 2.65. The Kier molecular flexibility index (Phi) is 3.40. The number of fused-ring (bicyclic) bond motifs is 1. The van der Waals surface area contributed by atoms with Gasteiger partial charge in [-0.25, -0.2) is 0 Å². The van der Waals surface area contributed by atoms with Gasteiger partial charge in [0.15, 0.2) is 0 Å². The van der Waals surface area contributed by atoms with Crippen LogP contribution in [-0.2, 0) is 17.6 Å². The van der Waals surface area contributed by atoms with Crippen molar-refractivity contribution in [3.8, 4) is 0 Å². The monoisotopic (exact) mass is 245 g/mol. The summed E-state index contributed by atoms with van der Waals surface area (Å²) in [6.45, 7) is 6.58. The first kappa shape index (κ1) is 12.2. The van der Waals surface area contributed by atoms with Gasteiger partial charge in [-0.2, -0.15) is 0 Å². The normalized spacial score (nSPS) is 33.1. The van der Waals surface area contributed by atoms with Gasteiger partial charge >= 0.3 is 0 Å². The van der Waals surface area contributed by atoms with E-state index in [4.69, 9.17) is 4.74 Å². The van der Waals surface area contributed by atoms with Crippen LogP contribution >= 0.6 is 0 Å². The summed E-state index contributed by atoms with van der Waals surface area (Å²) in [6, 6.07) is 9.64. The number of morpholine rings is 1. The van der Waals surface area contributed by atoms with Crippen molar-refractivity contribution < 1.29 is 4.74 Å². The van der Waals surface area contributed by atoms with Crippen molar-refractivity contribution in [2.24, 2.45) is 0 Å². The molecule has 1 aliphatic carbocycles. The average molecular weight is 245 g/mol. The number of hydrogen-bond donors (Lipinski definition) is 0. The second kappa shape index (κ2) is 5.02. The Morgan fingerprint density at radius 1 is 1.06 bits per heavy atom. The van der Waals surface area contributed by atoms with Crippen LogP contribution in [-0.4, -0.2) is 36.2 Å². The fourth-order valence-electron chi connectivity index (χ4n) is 3.51. The second-order valence-electron chi connectivity index (χ2n) is 5.88. The van der Waals surface area contributed by atoms with Gasteiger partial charge in [-0.15, -0.1) is 0 Å². The summed E-state index contributed by atoms with van der Waals surface area (Å²) in [6.07, 6.45) is 4.52. The molecule has 0 spiro atoms. The number of ether oxygens (including phenoxy) is 1. The molecule has 0 saturated carbocycles. The molecule has 1 saturated heterocycles. The van der Waals surface area contributed by atoms with Crippen molar-refractivity contribution >= 4 is 0 Å². The lowest BCUT2D eigenvalue weighted by molar-refractivity contribution is -0.0816. The molecule has 1 aromatic rings. The van der Waals surface area contributed by atoms with E-state index in [1.54, 1.807) is 11.1 Å². The fraction of sp³-hybridized carbons (Fsp3) is 0.625. The van der Waals surface area contributed by atoms with Crippen molar-refractivity contribution in [1.29, 1.82) is 0 Å². The maximum Gasteiger partial charge on any atom is 0.0678 e. The smallest absolute Gasteiger partial charge is 0.0678 e. The minimum atomic E-state index is 0.380. The van der Waals surface area contributed by atoms with E-state index in [1.807, 2.05) is 0 Å². The topological polar surface area (TPSA) is 12.5 Å². The van der Waals surface area contributed by atoms with E-state index in [0.717, 1.165) is 13.1 Å². The van der Waals surface area contributed by atoms with Crippen molar-refractivity contribution in [2.45, 2.75) is 51.4 Å². The Labute approximate surface area is 110 Å². The van der Waals surface area contributed by atoms with E-state index in [0.29, 0.717) is 18.2 Å². The van der Waals surface area contributed by atoms with Crippen LogP contribution in [0.5, 0.6) is 0 Å². The molecule has 18 heavy (non-hydrogen) atoms. The Hall–Kier alpha value is -0.860. The van der Waals surface area contributed by atoms with Gasteiger partial charge in [0.25, 0.3) is 0 Å². The number of hydrogen-bond acceptors (Lipinski definition) is 2. The van der Waals surface area contributed by atoms with E-state index >= 15 is 0 Å². The molecule has 0 N–H and O–H groups in total. The molecule has 3 atom stereocenters. The zero-order valence-electron chi connectivity index (χ0n) is 11.4. The lowest BCUT2D eigenvalue weighted by Gasteiger charge is -2.42. The van der Waals surface area contributed by atoms with Gasteiger partial charge in [-0.1, -0.05) is 24.3 Å². The lowest BCUT2D eigenvalue weighted by atomic mass is 9.87. The summed E-state index contributed by atoms with van der Waals surface area (Å²) in [5, 5.41) is 0. The van der Waals surface area contributed by atoms with Gasteiger partial charge in [0.1, 0.15) is 0 Å². The van der Waals surface area contributed by atoms with Crippen LogP contribution in [0.4, 0.5) is 0 Å². The third-order valence-electron chi connectivity index (χ3n) is 4.29. The molecule has 2 heteroatoms. The maximum atomic E-state index is 5.83. The van der Waals surface area contributed by atoms with E-state index in [9.17, 15) is 0 Å². The molecular weight excluding hydrogens is 222 g/mol.